The molecule has 1 aromatic carbocycles. The van der Waals surface area contributed by atoms with Crippen LogP contribution in [0.15, 0.2) is 22.7 Å². The van der Waals surface area contributed by atoms with Crippen molar-refractivity contribution in [1.29, 1.82) is 0 Å². The van der Waals surface area contributed by atoms with Gasteiger partial charge in [-0.05, 0) is 49.4 Å². The molecule has 0 bridgehead atoms. The maximum atomic E-state index is 9.31. The molecule has 1 aromatic rings. The number of nitrogens with one attached hydrogen (secondary N) is 1. The Morgan fingerprint density at radius 2 is 2.38 bits per heavy atom. The molecule has 2 N–H and O–H groups in total. The SMILES string of the molecule is CC(O)CNC1CCCc2ccc(Br)cc21. The van der Waals surface area contributed by atoms with Gasteiger partial charge in [0.05, 0.1) is 6.10 Å². The highest BCUT2D eigenvalue weighted by Crippen LogP contribution is 2.31. The van der Waals surface area contributed by atoms with E-state index < -0.39 is 0 Å². The number of aliphatic hydroxyl groups excluding tert-OH is 1. The van der Waals surface area contributed by atoms with Crippen LogP contribution >= 0.6 is 15.9 Å². The molecule has 2 atom stereocenters. The summed E-state index contributed by atoms with van der Waals surface area (Å²) >= 11 is 3.52. The highest BCUT2D eigenvalue weighted by Gasteiger charge is 2.19. The predicted octanol–water partition coefficient (Wildman–Crippen LogP) is 2.80. The molecule has 0 saturated heterocycles. The Kier molecular flexibility index (Phi) is 4.00. The lowest BCUT2D eigenvalue weighted by molar-refractivity contribution is 0.184. The third-order valence-electron chi connectivity index (χ3n) is 3.08. The molecule has 1 aliphatic rings. The van der Waals surface area contributed by atoms with Crippen molar-refractivity contribution in [3.8, 4) is 0 Å². The van der Waals surface area contributed by atoms with Gasteiger partial charge in [0.1, 0.15) is 0 Å². The number of hydrogen-bond acceptors (Lipinski definition) is 2. The normalized spacial score (nSPS) is 21.6. The summed E-state index contributed by atoms with van der Waals surface area (Å²) in [5.74, 6) is 0. The molecule has 2 unspecified atom stereocenters. The lowest BCUT2D eigenvalue weighted by Crippen LogP contribution is -2.31. The largest absolute Gasteiger partial charge is 0.392 e. The third-order valence-corrected chi connectivity index (χ3v) is 3.58. The summed E-state index contributed by atoms with van der Waals surface area (Å²) in [6.07, 6.45) is 3.29. The second kappa shape index (κ2) is 5.30. The van der Waals surface area contributed by atoms with Crippen molar-refractivity contribution in [3.63, 3.8) is 0 Å². The first-order valence-corrected chi connectivity index (χ1v) is 6.66. The number of benzene rings is 1. The number of fused-ring (bicyclic) bond motifs is 1. The number of aryl methyl sites for hydroxylation is 1. The Balaban J connectivity index is 2.15. The zero-order chi connectivity index (χ0) is 11.5. The van der Waals surface area contributed by atoms with Gasteiger partial charge in [-0.1, -0.05) is 22.0 Å². The molecule has 88 valence electrons. The first kappa shape index (κ1) is 12.1. The van der Waals surface area contributed by atoms with E-state index in [-0.39, 0.29) is 6.10 Å². The number of rotatable bonds is 3. The van der Waals surface area contributed by atoms with Crippen molar-refractivity contribution < 1.29 is 5.11 Å². The van der Waals surface area contributed by atoms with E-state index in [9.17, 15) is 5.11 Å². The molecule has 0 heterocycles. The van der Waals surface area contributed by atoms with Crippen molar-refractivity contribution in [1.82, 2.24) is 5.32 Å². The van der Waals surface area contributed by atoms with E-state index >= 15 is 0 Å². The van der Waals surface area contributed by atoms with Gasteiger partial charge in [0.2, 0.25) is 0 Å². The van der Waals surface area contributed by atoms with Crippen molar-refractivity contribution in [2.24, 2.45) is 0 Å². The van der Waals surface area contributed by atoms with Crippen LogP contribution in [0.1, 0.15) is 36.9 Å². The van der Waals surface area contributed by atoms with Crippen molar-refractivity contribution >= 4 is 15.9 Å². The fraction of sp³-hybridized carbons (Fsp3) is 0.538. The third kappa shape index (κ3) is 2.84. The molecule has 0 amide bonds. The van der Waals surface area contributed by atoms with Crippen LogP contribution in [0.4, 0.5) is 0 Å². The molecule has 3 heteroatoms. The van der Waals surface area contributed by atoms with E-state index in [4.69, 9.17) is 0 Å². The minimum absolute atomic E-state index is 0.280. The van der Waals surface area contributed by atoms with Crippen LogP contribution in [-0.4, -0.2) is 17.8 Å². The standard InChI is InChI=1S/C13H18BrNO/c1-9(16)8-15-13-4-2-3-10-5-6-11(14)7-12(10)13/h5-7,9,13,15-16H,2-4,8H2,1H3. The smallest absolute Gasteiger partial charge is 0.0636 e. The van der Waals surface area contributed by atoms with E-state index in [0.717, 1.165) is 10.9 Å². The second-order valence-electron chi connectivity index (χ2n) is 4.55. The summed E-state index contributed by atoms with van der Waals surface area (Å²) in [5.41, 5.74) is 2.83. The molecule has 1 aliphatic carbocycles. The van der Waals surface area contributed by atoms with Gasteiger partial charge in [-0.2, -0.15) is 0 Å². The van der Waals surface area contributed by atoms with Gasteiger partial charge in [0, 0.05) is 17.1 Å². The molecule has 0 saturated carbocycles. The Hall–Kier alpha value is -0.380. The average molecular weight is 284 g/mol. The van der Waals surface area contributed by atoms with Crippen LogP contribution in [0.2, 0.25) is 0 Å². The van der Waals surface area contributed by atoms with Crippen molar-refractivity contribution in [2.45, 2.75) is 38.3 Å². The topological polar surface area (TPSA) is 32.3 Å². The fourth-order valence-electron chi connectivity index (χ4n) is 2.29. The molecular weight excluding hydrogens is 266 g/mol. The number of halogens is 1. The summed E-state index contributed by atoms with van der Waals surface area (Å²) in [4.78, 5) is 0. The molecule has 0 radical (unpaired) electrons. The van der Waals surface area contributed by atoms with Gasteiger partial charge in [0.15, 0.2) is 0 Å². The van der Waals surface area contributed by atoms with Crippen LogP contribution in [0.3, 0.4) is 0 Å². The Morgan fingerprint density at radius 3 is 3.12 bits per heavy atom. The molecule has 0 spiro atoms. The van der Waals surface area contributed by atoms with Gasteiger partial charge in [-0.25, -0.2) is 0 Å². The van der Waals surface area contributed by atoms with Gasteiger partial charge >= 0.3 is 0 Å². The van der Waals surface area contributed by atoms with Crippen LogP contribution in [0.5, 0.6) is 0 Å². The van der Waals surface area contributed by atoms with Crippen LogP contribution in [0.25, 0.3) is 0 Å². The summed E-state index contributed by atoms with van der Waals surface area (Å²) in [7, 11) is 0. The molecule has 16 heavy (non-hydrogen) atoms. The van der Waals surface area contributed by atoms with Gasteiger partial charge in [0.25, 0.3) is 0 Å². The van der Waals surface area contributed by atoms with Gasteiger partial charge in [-0.15, -0.1) is 0 Å². The molecule has 0 aliphatic heterocycles. The fourth-order valence-corrected chi connectivity index (χ4v) is 2.67. The van der Waals surface area contributed by atoms with Crippen molar-refractivity contribution in [3.05, 3.63) is 33.8 Å². The van der Waals surface area contributed by atoms with Gasteiger partial charge < -0.3 is 10.4 Å². The summed E-state index contributed by atoms with van der Waals surface area (Å²) in [6.45, 7) is 2.48. The molecule has 2 nitrogen and oxygen atoms in total. The molecule has 0 aromatic heterocycles. The minimum atomic E-state index is -0.280. The Labute approximate surface area is 105 Å². The first-order valence-electron chi connectivity index (χ1n) is 5.86. The monoisotopic (exact) mass is 283 g/mol. The lowest BCUT2D eigenvalue weighted by Gasteiger charge is -2.27. The maximum absolute atomic E-state index is 9.31. The van der Waals surface area contributed by atoms with E-state index in [1.165, 1.54) is 24.0 Å². The predicted molar refractivity (Wildman–Crippen MR) is 69.5 cm³/mol. The number of aliphatic hydroxyl groups is 1. The lowest BCUT2D eigenvalue weighted by atomic mass is 9.88. The van der Waals surface area contributed by atoms with Crippen LogP contribution < -0.4 is 5.32 Å². The average Bonchev–Trinajstić information content (AvgIpc) is 2.26. The van der Waals surface area contributed by atoms with Crippen LogP contribution in [0, 0.1) is 0 Å². The minimum Gasteiger partial charge on any atom is -0.392 e. The zero-order valence-electron chi connectivity index (χ0n) is 9.54. The van der Waals surface area contributed by atoms with E-state index in [0.29, 0.717) is 12.6 Å². The highest BCUT2D eigenvalue weighted by molar-refractivity contribution is 9.10. The molecular formula is C13H18BrNO. The Morgan fingerprint density at radius 1 is 1.56 bits per heavy atom. The first-order chi connectivity index (χ1) is 7.66. The molecule has 2 rings (SSSR count). The zero-order valence-corrected chi connectivity index (χ0v) is 11.1. The maximum Gasteiger partial charge on any atom is 0.0636 e. The van der Waals surface area contributed by atoms with Gasteiger partial charge in [-0.3, -0.25) is 0 Å². The second-order valence-corrected chi connectivity index (χ2v) is 5.46. The quantitative estimate of drug-likeness (QED) is 0.894. The van der Waals surface area contributed by atoms with Crippen LogP contribution in [-0.2, 0) is 6.42 Å². The van der Waals surface area contributed by atoms with E-state index in [1.54, 1.807) is 0 Å². The number of hydrogen-bond donors (Lipinski definition) is 2. The van der Waals surface area contributed by atoms with E-state index in [1.807, 2.05) is 6.92 Å². The summed E-state index contributed by atoms with van der Waals surface area (Å²) < 4.78 is 1.14. The highest BCUT2D eigenvalue weighted by atomic mass is 79.9. The summed E-state index contributed by atoms with van der Waals surface area (Å²) in [6, 6.07) is 6.91. The summed E-state index contributed by atoms with van der Waals surface area (Å²) in [5, 5.41) is 12.7. The molecule has 0 fully saturated rings. The Bertz CT molecular complexity index is 365. The van der Waals surface area contributed by atoms with Crippen molar-refractivity contribution in [2.75, 3.05) is 6.54 Å². The van der Waals surface area contributed by atoms with E-state index in [2.05, 4.69) is 39.4 Å².